The average Bonchev–Trinajstić information content (AvgIpc) is 2.78. The largest absolute Gasteiger partial charge is 0.481 e. The molecule has 0 saturated carbocycles. The molecular weight excluding hydrogens is 216 g/mol. The minimum absolute atomic E-state index is 0.600. The third kappa shape index (κ3) is 2.82. The maximum absolute atomic E-state index is 5.54. The molecule has 0 aromatic carbocycles. The molecule has 0 aliphatic heterocycles. The van der Waals surface area contributed by atoms with Crippen molar-refractivity contribution in [1.82, 2.24) is 14.5 Å². The first kappa shape index (κ1) is 11.6. The van der Waals surface area contributed by atoms with E-state index in [9.17, 15) is 0 Å². The van der Waals surface area contributed by atoms with E-state index in [1.165, 1.54) is 0 Å². The Labute approximate surface area is 100 Å². The Balaban J connectivity index is 2.16. The number of methoxy groups -OCH3 is 1. The van der Waals surface area contributed by atoms with Crippen LogP contribution in [0.2, 0.25) is 0 Å². The van der Waals surface area contributed by atoms with Crippen LogP contribution in [0.1, 0.15) is 11.5 Å². The van der Waals surface area contributed by atoms with Crippen molar-refractivity contribution in [3.05, 3.63) is 42.1 Å². The zero-order valence-electron chi connectivity index (χ0n) is 9.84. The van der Waals surface area contributed by atoms with Crippen molar-refractivity contribution >= 4 is 0 Å². The highest BCUT2D eigenvalue weighted by Crippen LogP contribution is 2.09. The summed E-state index contributed by atoms with van der Waals surface area (Å²) in [6.45, 7) is 1.29. The number of imidazole rings is 1. The van der Waals surface area contributed by atoms with Gasteiger partial charge in [0.15, 0.2) is 0 Å². The van der Waals surface area contributed by atoms with E-state index in [0.717, 1.165) is 17.9 Å². The van der Waals surface area contributed by atoms with Crippen molar-refractivity contribution in [1.29, 1.82) is 0 Å². The normalized spacial score (nSPS) is 10.5. The molecule has 5 nitrogen and oxygen atoms in total. The van der Waals surface area contributed by atoms with Gasteiger partial charge in [0.1, 0.15) is 5.82 Å². The first-order valence-corrected chi connectivity index (χ1v) is 5.53. The lowest BCUT2D eigenvalue weighted by atomic mass is 10.3. The standard InChI is InChI=1S/C12H16N4O/c1-17-12-4-2-3-10(15-12)9-16-8-7-14-11(16)5-6-13/h2-4,7-8H,5-6,9,13H2,1H3. The highest BCUT2D eigenvalue weighted by Gasteiger charge is 2.04. The first-order valence-electron chi connectivity index (χ1n) is 5.53. The number of hydrogen-bond acceptors (Lipinski definition) is 4. The van der Waals surface area contributed by atoms with E-state index < -0.39 is 0 Å². The Bertz CT molecular complexity index is 481. The number of pyridine rings is 1. The van der Waals surface area contributed by atoms with E-state index in [1.54, 1.807) is 13.3 Å². The monoisotopic (exact) mass is 232 g/mol. The minimum Gasteiger partial charge on any atom is -0.481 e. The summed E-state index contributed by atoms with van der Waals surface area (Å²) in [7, 11) is 1.61. The van der Waals surface area contributed by atoms with Crippen LogP contribution in [0, 0.1) is 0 Å². The van der Waals surface area contributed by atoms with Crippen LogP contribution in [-0.2, 0) is 13.0 Å². The van der Waals surface area contributed by atoms with E-state index in [-0.39, 0.29) is 0 Å². The molecule has 2 N–H and O–H groups in total. The van der Waals surface area contributed by atoms with E-state index in [2.05, 4.69) is 14.5 Å². The molecule has 0 fully saturated rings. The minimum atomic E-state index is 0.600. The van der Waals surface area contributed by atoms with Gasteiger partial charge in [-0.15, -0.1) is 0 Å². The molecule has 2 rings (SSSR count). The van der Waals surface area contributed by atoms with Gasteiger partial charge in [-0.2, -0.15) is 0 Å². The van der Waals surface area contributed by atoms with Crippen LogP contribution in [-0.4, -0.2) is 28.2 Å². The van der Waals surface area contributed by atoms with Crippen molar-refractivity contribution < 1.29 is 4.74 Å². The molecule has 0 atom stereocenters. The van der Waals surface area contributed by atoms with Gasteiger partial charge in [-0.25, -0.2) is 9.97 Å². The van der Waals surface area contributed by atoms with Crippen LogP contribution in [0.5, 0.6) is 5.88 Å². The van der Waals surface area contributed by atoms with Gasteiger partial charge in [0.2, 0.25) is 5.88 Å². The number of hydrogen-bond donors (Lipinski definition) is 1. The topological polar surface area (TPSA) is 66.0 Å². The quantitative estimate of drug-likeness (QED) is 0.829. The molecule has 0 saturated heterocycles. The maximum Gasteiger partial charge on any atom is 0.213 e. The number of rotatable bonds is 5. The predicted molar refractivity (Wildman–Crippen MR) is 64.9 cm³/mol. The molecule has 0 spiro atoms. The molecule has 0 amide bonds. The molecule has 5 heteroatoms. The van der Waals surface area contributed by atoms with Crippen LogP contribution in [0.4, 0.5) is 0 Å². The van der Waals surface area contributed by atoms with E-state index >= 15 is 0 Å². The van der Waals surface area contributed by atoms with Crippen molar-refractivity contribution in [2.45, 2.75) is 13.0 Å². The number of aromatic nitrogens is 3. The summed E-state index contributed by atoms with van der Waals surface area (Å²) in [5.41, 5.74) is 6.48. The lowest BCUT2D eigenvalue weighted by Crippen LogP contribution is -2.11. The highest BCUT2D eigenvalue weighted by molar-refractivity contribution is 5.16. The van der Waals surface area contributed by atoms with E-state index in [1.807, 2.05) is 24.4 Å². The highest BCUT2D eigenvalue weighted by atomic mass is 16.5. The van der Waals surface area contributed by atoms with Crippen LogP contribution in [0.3, 0.4) is 0 Å². The fourth-order valence-corrected chi connectivity index (χ4v) is 1.68. The molecule has 2 aromatic heterocycles. The SMILES string of the molecule is COc1cccc(Cn2ccnc2CCN)n1. The lowest BCUT2D eigenvalue weighted by Gasteiger charge is -2.07. The lowest BCUT2D eigenvalue weighted by molar-refractivity contribution is 0.396. The molecule has 0 aliphatic carbocycles. The summed E-state index contributed by atoms with van der Waals surface area (Å²) < 4.78 is 7.15. The molecule has 0 aliphatic rings. The average molecular weight is 232 g/mol. The zero-order chi connectivity index (χ0) is 12.1. The second kappa shape index (κ2) is 5.45. The van der Waals surface area contributed by atoms with Gasteiger partial charge in [0.25, 0.3) is 0 Å². The predicted octanol–water partition coefficient (Wildman–Crippen LogP) is 0.836. The van der Waals surface area contributed by atoms with Crippen molar-refractivity contribution in [2.24, 2.45) is 5.73 Å². The fourth-order valence-electron chi connectivity index (χ4n) is 1.68. The summed E-state index contributed by atoms with van der Waals surface area (Å²) in [5.74, 6) is 1.61. The molecule has 2 heterocycles. The zero-order valence-corrected chi connectivity index (χ0v) is 9.84. The third-order valence-corrected chi connectivity index (χ3v) is 2.49. The van der Waals surface area contributed by atoms with Crippen molar-refractivity contribution in [2.75, 3.05) is 13.7 Å². The van der Waals surface area contributed by atoms with Crippen LogP contribution in [0.25, 0.3) is 0 Å². The van der Waals surface area contributed by atoms with Crippen LogP contribution >= 0.6 is 0 Å². The maximum atomic E-state index is 5.54. The fraction of sp³-hybridized carbons (Fsp3) is 0.333. The molecule has 0 unspecified atom stereocenters. The Hall–Kier alpha value is -1.88. The van der Waals surface area contributed by atoms with Crippen molar-refractivity contribution in [3.63, 3.8) is 0 Å². The summed E-state index contributed by atoms with van der Waals surface area (Å²) in [4.78, 5) is 8.63. The first-order chi connectivity index (χ1) is 8.33. The summed E-state index contributed by atoms with van der Waals surface area (Å²) in [6, 6.07) is 5.73. The third-order valence-electron chi connectivity index (χ3n) is 2.49. The number of ether oxygens (including phenoxy) is 1. The Morgan fingerprint density at radius 1 is 1.41 bits per heavy atom. The van der Waals surface area contributed by atoms with Gasteiger partial charge in [-0.3, -0.25) is 0 Å². The summed E-state index contributed by atoms with van der Waals surface area (Å²) in [6.07, 6.45) is 4.49. The van der Waals surface area contributed by atoms with E-state index in [0.29, 0.717) is 19.0 Å². The molecule has 2 aromatic rings. The summed E-state index contributed by atoms with van der Waals surface area (Å²) in [5, 5.41) is 0. The van der Waals surface area contributed by atoms with Gasteiger partial charge in [0, 0.05) is 24.9 Å². The van der Waals surface area contributed by atoms with Gasteiger partial charge in [-0.1, -0.05) is 6.07 Å². The molecule has 90 valence electrons. The number of nitrogens with zero attached hydrogens (tertiary/aromatic N) is 3. The second-order valence-corrected chi connectivity index (χ2v) is 3.68. The Morgan fingerprint density at radius 2 is 2.29 bits per heavy atom. The smallest absolute Gasteiger partial charge is 0.213 e. The van der Waals surface area contributed by atoms with Crippen LogP contribution < -0.4 is 10.5 Å². The molecular formula is C12H16N4O. The molecule has 0 radical (unpaired) electrons. The van der Waals surface area contributed by atoms with Crippen LogP contribution in [0.15, 0.2) is 30.6 Å². The Morgan fingerprint density at radius 3 is 3.06 bits per heavy atom. The Kier molecular flexibility index (Phi) is 3.72. The molecule has 0 bridgehead atoms. The van der Waals surface area contributed by atoms with E-state index in [4.69, 9.17) is 10.5 Å². The van der Waals surface area contributed by atoms with Gasteiger partial charge in [0.05, 0.1) is 19.3 Å². The molecule has 17 heavy (non-hydrogen) atoms. The van der Waals surface area contributed by atoms with Gasteiger partial charge < -0.3 is 15.0 Å². The van der Waals surface area contributed by atoms with Gasteiger partial charge in [-0.05, 0) is 12.6 Å². The number of nitrogens with two attached hydrogens (primary N) is 1. The van der Waals surface area contributed by atoms with Crippen molar-refractivity contribution in [3.8, 4) is 5.88 Å². The summed E-state index contributed by atoms with van der Waals surface area (Å²) >= 11 is 0. The second-order valence-electron chi connectivity index (χ2n) is 3.68. The van der Waals surface area contributed by atoms with Gasteiger partial charge >= 0.3 is 0 Å².